The van der Waals surface area contributed by atoms with E-state index in [1.165, 1.54) is 24.0 Å². The van der Waals surface area contributed by atoms with Gasteiger partial charge in [-0.15, -0.1) is 0 Å². The maximum Gasteiger partial charge on any atom is 0.126 e. The van der Waals surface area contributed by atoms with Crippen LogP contribution in [0.1, 0.15) is 18.4 Å². The molecule has 80 valence electrons. The van der Waals surface area contributed by atoms with Gasteiger partial charge in [0.05, 0.1) is 6.61 Å². The molecule has 0 amide bonds. The summed E-state index contributed by atoms with van der Waals surface area (Å²) in [4.78, 5) is 0. The summed E-state index contributed by atoms with van der Waals surface area (Å²) in [5.41, 5.74) is 2.81. The van der Waals surface area contributed by atoms with Gasteiger partial charge in [-0.3, -0.25) is 0 Å². The Balaban J connectivity index is 0.000000404. The standard InChI is InChI=1S/C12H12O.H3NO/c1-9-10-4-2-3-5-11(10)13-8-12(9)6-7-12;1-2/h2-5H,1,6-8H2;2H,1H2. The van der Waals surface area contributed by atoms with E-state index in [2.05, 4.69) is 24.6 Å². The molecule has 1 aliphatic carbocycles. The van der Waals surface area contributed by atoms with Crippen molar-refractivity contribution in [2.24, 2.45) is 11.3 Å². The minimum atomic E-state index is 0.314. The van der Waals surface area contributed by atoms with E-state index in [0.29, 0.717) is 5.41 Å². The lowest BCUT2D eigenvalue weighted by Gasteiger charge is -2.27. The van der Waals surface area contributed by atoms with E-state index in [9.17, 15) is 0 Å². The van der Waals surface area contributed by atoms with Crippen molar-refractivity contribution in [3.8, 4) is 5.75 Å². The summed E-state index contributed by atoms with van der Waals surface area (Å²) in [6, 6.07) is 8.19. The smallest absolute Gasteiger partial charge is 0.126 e. The van der Waals surface area contributed by atoms with Crippen molar-refractivity contribution < 1.29 is 9.94 Å². The van der Waals surface area contributed by atoms with Crippen LogP contribution in [-0.2, 0) is 0 Å². The van der Waals surface area contributed by atoms with E-state index < -0.39 is 0 Å². The van der Waals surface area contributed by atoms with Gasteiger partial charge in [0, 0.05) is 11.0 Å². The summed E-state index contributed by atoms with van der Waals surface area (Å²) in [5, 5.41) is 6.50. The van der Waals surface area contributed by atoms with Crippen LogP contribution >= 0.6 is 0 Å². The molecule has 1 heterocycles. The third-order valence-corrected chi connectivity index (χ3v) is 3.21. The maximum absolute atomic E-state index is 6.50. The van der Waals surface area contributed by atoms with E-state index in [0.717, 1.165) is 12.4 Å². The second-order valence-corrected chi connectivity index (χ2v) is 4.04. The lowest BCUT2D eigenvalue weighted by Crippen LogP contribution is -2.20. The van der Waals surface area contributed by atoms with Gasteiger partial charge in [-0.1, -0.05) is 24.8 Å². The Hall–Kier alpha value is -1.32. The molecular formula is C12H15NO2. The van der Waals surface area contributed by atoms with Crippen LogP contribution in [0.2, 0.25) is 0 Å². The monoisotopic (exact) mass is 205 g/mol. The Morgan fingerprint density at radius 1 is 1.27 bits per heavy atom. The molecule has 3 rings (SSSR count). The number of rotatable bonds is 0. The Bertz CT molecular complexity index is 383. The second-order valence-electron chi connectivity index (χ2n) is 4.04. The van der Waals surface area contributed by atoms with Crippen LogP contribution < -0.4 is 10.6 Å². The third kappa shape index (κ3) is 1.54. The van der Waals surface area contributed by atoms with Gasteiger partial charge in [-0.25, -0.2) is 5.90 Å². The predicted molar refractivity (Wildman–Crippen MR) is 58.6 cm³/mol. The first kappa shape index (κ1) is 10.2. The van der Waals surface area contributed by atoms with E-state index in [-0.39, 0.29) is 0 Å². The van der Waals surface area contributed by atoms with Crippen LogP contribution in [0.15, 0.2) is 30.8 Å². The van der Waals surface area contributed by atoms with E-state index >= 15 is 0 Å². The fourth-order valence-electron chi connectivity index (χ4n) is 2.03. The van der Waals surface area contributed by atoms with Crippen LogP contribution in [-0.4, -0.2) is 11.8 Å². The zero-order valence-electron chi connectivity index (χ0n) is 8.57. The number of hydrogen-bond acceptors (Lipinski definition) is 3. The van der Waals surface area contributed by atoms with Gasteiger partial charge in [0.25, 0.3) is 0 Å². The Morgan fingerprint density at radius 2 is 1.93 bits per heavy atom. The zero-order chi connectivity index (χ0) is 10.9. The Kier molecular flexibility index (Phi) is 2.50. The van der Waals surface area contributed by atoms with Crippen molar-refractivity contribution in [3.05, 3.63) is 36.4 Å². The molecule has 3 nitrogen and oxygen atoms in total. The minimum absolute atomic E-state index is 0.314. The molecule has 2 aliphatic rings. The van der Waals surface area contributed by atoms with E-state index in [1.807, 2.05) is 12.1 Å². The van der Waals surface area contributed by atoms with Crippen LogP contribution in [0.25, 0.3) is 5.57 Å². The first-order chi connectivity index (χ1) is 7.32. The van der Waals surface area contributed by atoms with Gasteiger partial charge in [0.2, 0.25) is 0 Å². The van der Waals surface area contributed by atoms with Crippen LogP contribution in [0, 0.1) is 5.41 Å². The van der Waals surface area contributed by atoms with Gasteiger partial charge in [0.15, 0.2) is 0 Å². The van der Waals surface area contributed by atoms with Gasteiger partial charge in [-0.2, -0.15) is 0 Å². The summed E-state index contributed by atoms with van der Waals surface area (Å²) in [5.74, 6) is 4.50. The van der Waals surface area contributed by atoms with Gasteiger partial charge in [-0.05, 0) is 24.5 Å². The van der Waals surface area contributed by atoms with Crippen molar-refractivity contribution in [2.75, 3.05) is 6.61 Å². The highest BCUT2D eigenvalue weighted by atomic mass is 16.5. The normalized spacial score (nSPS) is 19.7. The first-order valence-electron chi connectivity index (χ1n) is 4.99. The van der Waals surface area contributed by atoms with Gasteiger partial charge in [0.1, 0.15) is 5.75 Å². The molecule has 0 unspecified atom stereocenters. The fraction of sp³-hybridized carbons (Fsp3) is 0.333. The summed E-state index contributed by atoms with van der Waals surface area (Å²) in [7, 11) is 0. The largest absolute Gasteiger partial charge is 0.492 e. The molecule has 0 saturated heterocycles. The summed E-state index contributed by atoms with van der Waals surface area (Å²) in [6.07, 6.45) is 2.50. The molecular weight excluding hydrogens is 190 g/mol. The van der Waals surface area contributed by atoms with Crippen molar-refractivity contribution in [2.45, 2.75) is 12.8 Å². The zero-order valence-corrected chi connectivity index (χ0v) is 8.57. The Labute approximate surface area is 89.1 Å². The Morgan fingerprint density at radius 3 is 2.60 bits per heavy atom. The number of fused-ring (bicyclic) bond motifs is 1. The average molecular weight is 205 g/mol. The molecule has 1 fully saturated rings. The number of ether oxygens (including phenoxy) is 1. The average Bonchev–Trinajstić information content (AvgIpc) is 3.08. The lowest BCUT2D eigenvalue weighted by molar-refractivity contribution is 0.256. The van der Waals surface area contributed by atoms with Crippen LogP contribution in [0.4, 0.5) is 0 Å². The van der Waals surface area contributed by atoms with Crippen molar-refractivity contribution in [1.82, 2.24) is 0 Å². The topological polar surface area (TPSA) is 55.5 Å². The molecule has 1 aromatic carbocycles. The van der Waals surface area contributed by atoms with Gasteiger partial charge >= 0.3 is 0 Å². The SMILES string of the molecule is C=C1c2ccccc2OCC12CC2.NO. The summed E-state index contributed by atoms with van der Waals surface area (Å²) >= 11 is 0. The third-order valence-electron chi connectivity index (χ3n) is 3.21. The molecule has 1 aromatic rings. The molecule has 15 heavy (non-hydrogen) atoms. The number of benzene rings is 1. The van der Waals surface area contributed by atoms with E-state index in [4.69, 9.17) is 9.94 Å². The van der Waals surface area contributed by atoms with Crippen LogP contribution in [0.5, 0.6) is 5.75 Å². The predicted octanol–water partition coefficient (Wildman–Crippen LogP) is 2.21. The van der Waals surface area contributed by atoms with E-state index in [1.54, 1.807) is 0 Å². The molecule has 0 aromatic heterocycles. The molecule has 0 atom stereocenters. The quantitative estimate of drug-likeness (QED) is 0.638. The second kappa shape index (κ2) is 3.68. The first-order valence-corrected chi connectivity index (χ1v) is 4.99. The minimum Gasteiger partial charge on any atom is -0.492 e. The highest BCUT2D eigenvalue weighted by Gasteiger charge is 2.49. The number of hydrogen-bond donors (Lipinski definition) is 2. The molecule has 1 saturated carbocycles. The van der Waals surface area contributed by atoms with Gasteiger partial charge < -0.3 is 9.94 Å². The van der Waals surface area contributed by atoms with Crippen molar-refractivity contribution in [1.29, 1.82) is 0 Å². The maximum atomic E-state index is 6.50. The highest BCUT2D eigenvalue weighted by Crippen LogP contribution is 2.58. The molecule has 0 bridgehead atoms. The summed E-state index contributed by atoms with van der Waals surface area (Å²) < 4.78 is 5.71. The van der Waals surface area contributed by atoms with Crippen LogP contribution in [0.3, 0.4) is 0 Å². The molecule has 3 N–H and O–H groups in total. The molecule has 1 spiro atoms. The molecule has 1 aliphatic heterocycles. The number of nitrogens with two attached hydrogens (primary N) is 1. The molecule has 3 heteroatoms. The fourth-order valence-corrected chi connectivity index (χ4v) is 2.03. The molecule has 0 radical (unpaired) electrons. The highest BCUT2D eigenvalue weighted by molar-refractivity contribution is 5.76. The lowest BCUT2D eigenvalue weighted by atomic mass is 9.89. The van der Waals surface area contributed by atoms with Crippen molar-refractivity contribution >= 4 is 5.57 Å². The summed E-state index contributed by atoms with van der Waals surface area (Å²) in [6.45, 7) is 5.03. The number of para-hydroxylation sites is 1. The van der Waals surface area contributed by atoms with Crippen molar-refractivity contribution in [3.63, 3.8) is 0 Å².